The van der Waals surface area contributed by atoms with Crippen LogP contribution >= 0.6 is 0 Å². The van der Waals surface area contributed by atoms with Gasteiger partial charge in [0.1, 0.15) is 0 Å². The normalized spacial score (nSPS) is 18.3. The predicted octanol–water partition coefficient (Wildman–Crippen LogP) is 1.86. The second kappa shape index (κ2) is 10.1. The maximum absolute atomic E-state index is 12.2. The molecule has 29 heavy (non-hydrogen) atoms. The third-order valence-corrected chi connectivity index (χ3v) is 5.40. The summed E-state index contributed by atoms with van der Waals surface area (Å²) in [6.07, 6.45) is 4.20. The Hall–Kier alpha value is -2.87. The van der Waals surface area contributed by atoms with Gasteiger partial charge in [-0.25, -0.2) is 4.79 Å². The van der Waals surface area contributed by atoms with Crippen LogP contribution < -0.4 is 10.6 Å². The van der Waals surface area contributed by atoms with Crippen molar-refractivity contribution in [2.75, 3.05) is 13.1 Å². The van der Waals surface area contributed by atoms with Crippen LogP contribution in [-0.2, 0) is 24.3 Å². The number of carbonyl (C=O) groups is 2. The van der Waals surface area contributed by atoms with E-state index in [1.165, 1.54) is 5.56 Å². The summed E-state index contributed by atoms with van der Waals surface area (Å²) in [5.74, 6) is -0.815. The number of urea groups is 1. The lowest BCUT2D eigenvalue weighted by Crippen LogP contribution is -2.56. The number of amides is 2. The van der Waals surface area contributed by atoms with Gasteiger partial charge < -0.3 is 15.7 Å². The molecule has 0 unspecified atom stereocenters. The molecule has 1 aliphatic carbocycles. The van der Waals surface area contributed by atoms with Crippen molar-refractivity contribution in [3.05, 3.63) is 53.9 Å². The van der Waals surface area contributed by atoms with Crippen LogP contribution in [0.25, 0.3) is 0 Å². The molecule has 1 aromatic carbocycles. The van der Waals surface area contributed by atoms with Crippen LogP contribution in [0.5, 0.6) is 0 Å². The second-order valence-electron chi connectivity index (χ2n) is 7.39. The van der Waals surface area contributed by atoms with Gasteiger partial charge in [0.2, 0.25) is 0 Å². The molecule has 0 spiro atoms. The first-order valence-corrected chi connectivity index (χ1v) is 10.1. The molecule has 1 fully saturated rings. The van der Waals surface area contributed by atoms with Crippen LogP contribution in [-0.4, -0.2) is 57.0 Å². The average molecular weight is 399 g/mol. The number of benzene rings is 1. The van der Waals surface area contributed by atoms with Gasteiger partial charge in [-0.2, -0.15) is 5.10 Å². The van der Waals surface area contributed by atoms with Gasteiger partial charge in [0.25, 0.3) is 0 Å². The summed E-state index contributed by atoms with van der Waals surface area (Å²) in [5.41, 5.74) is 2.21. The number of hydrogen-bond donors (Lipinski definition) is 3. The number of rotatable bonds is 10. The molecule has 0 aliphatic heterocycles. The summed E-state index contributed by atoms with van der Waals surface area (Å²) < 4.78 is 1.91. The highest BCUT2D eigenvalue weighted by Gasteiger charge is 2.34. The Morgan fingerprint density at radius 1 is 1.24 bits per heavy atom. The Kier molecular flexibility index (Phi) is 7.24. The lowest BCUT2D eigenvalue weighted by Gasteiger charge is -2.42. The van der Waals surface area contributed by atoms with Crippen LogP contribution in [0.3, 0.4) is 0 Å². The highest BCUT2D eigenvalue weighted by atomic mass is 16.4. The maximum atomic E-state index is 12.2. The van der Waals surface area contributed by atoms with E-state index in [-0.39, 0.29) is 24.7 Å². The third kappa shape index (κ3) is 6.05. The molecule has 1 aromatic heterocycles. The number of aromatic nitrogens is 2. The smallest absolute Gasteiger partial charge is 0.317 e. The molecule has 2 amide bonds. The molecule has 1 heterocycles. The van der Waals surface area contributed by atoms with E-state index in [4.69, 9.17) is 5.11 Å². The number of carboxylic acid groups (broad SMARTS) is 1. The Bertz CT molecular complexity index is 802. The molecular formula is C21H29N5O3. The summed E-state index contributed by atoms with van der Waals surface area (Å²) in [6.45, 7) is 3.88. The van der Waals surface area contributed by atoms with Gasteiger partial charge in [-0.15, -0.1) is 0 Å². The van der Waals surface area contributed by atoms with E-state index in [2.05, 4.69) is 27.9 Å². The van der Waals surface area contributed by atoms with Gasteiger partial charge in [-0.05, 0) is 37.4 Å². The van der Waals surface area contributed by atoms with E-state index in [0.717, 1.165) is 31.5 Å². The average Bonchev–Trinajstić information content (AvgIpc) is 3.13. The van der Waals surface area contributed by atoms with Gasteiger partial charge in [0.05, 0.1) is 18.8 Å². The predicted molar refractivity (Wildman–Crippen MR) is 109 cm³/mol. The molecule has 8 heteroatoms. The lowest BCUT2D eigenvalue weighted by molar-refractivity contribution is -0.139. The van der Waals surface area contributed by atoms with Crippen LogP contribution in [0.15, 0.2) is 42.6 Å². The number of likely N-dealkylation sites (N-methyl/N-ethyl adjacent to an activating group) is 1. The summed E-state index contributed by atoms with van der Waals surface area (Å²) in [7, 11) is 0. The number of nitrogens with zero attached hydrogens (tertiary/aromatic N) is 3. The van der Waals surface area contributed by atoms with Crippen molar-refractivity contribution in [3.8, 4) is 0 Å². The minimum Gasteiger partial charge on any atom is -0.480 e. The molecule has 8 nitrogen and oxygen atoms in total. The molecular weight excluding hydrogens is 370 g/mol. The Morgan fingerprint density at radius 2 is 2.00 bits per heavy atom. The van der Waals surface area contributed by atoms with E-state index < -0.39 is 5.97 Å². The fourth-order valence-electron chi connectivity index (χ4n) is 3.68. The lowest BCUT2D eigenvalue weighted by atomic mass is 9.85. The zero-order valence-electron chi connectivity index (χ0n) is 16.8. The SMILES string of the molecule is CCN(CC(=O)O)C1CC(NC(=O)NCc2ccnn2CCc2ccccc2)C1. The highest BCUT2D eigenvalue weighted by Crippen LogP contribution is 2.25. The zero-order valence-corrected chi connectivity index (χ0v) is 16.8. The third-order valence-electron chi connectivity index (χ3n) is 5.40. The van der Waals surface area contributed by atoms with Crippen molar-refractivity contribution in [3.63, 3.8) is 0 Å². The standard InChI is InChI=1S/C21H29N5O3/c1-2-25(15-20(27)28)19-12-17(13-19)24-21(29)22-14-18-8-10-23-26(18)11-9-16-6-4-3-5-7-16/h3-8,10,17,19H,2,9,11-15H2,1H3,(H,27,28)(H2,22,24,29). The van der Waals surface area contributed by atoms with Crippen molar-refractivity contribution < 1.29 is 14.7 Å². The van der Waals surface area contributed by atoms with Crippen molar-refractivity contribution >= 4 is 12.0 Å². The first-order valence-electron chi connectivity index (χ1n) is 10.1. The summed E-state index contributed by atoms with van der Waals surface area (Å²) in [4.78, 5) is 25.0. The van der Waals surface area contributed by atoms with E-state index in [9.17, 15) is 9.59 Å². The second-order valence-corrected chi connectivity index (χ2v) is 7.39. The molecule has 1 saturated carbocycles. The van der Waals surface area contributed by atoms with Crippen LogP contribution in [0.1, 0.15) is 31.0 Å². The number of nitrogens with one attached hydrogen (secondary N) is 2. The number of hydrogen-bond acceptors (Lipinski definition) is 4. The van der Waals surface area contributed by atoms with Crippen molar-refractivity contribution in [2.45, 2.75) is 51.4 Å². The molecule has 0 radical (unpaired) electrons. The summed E-state index contributed by atoms with van der Waals surface area (Å²) in [5, 5.41) is 19.2. The monoisotopic (exact) mass is 399 g/mol. The largest absolute Gasteiger partial charge is 0.480 e. The maximum Gasteiger partial charge on any atom is 0.317 e. The molecule has 3 rings (SSSR count). The van der Waals surface area contributed by atoms with Crippen LogP contribution in [0, 0.1) is 0 Å². The molecule has 1 aliphatic rings. The van der Waals surface area contributed by atoms with E-state index in [1.807, 2.05) is 40.8 Å². The minimum absolute atomic E-state index is 0.0487. The van der Waals surface area contributed by atoms with E-state index >= 15 is 0 Å². The zero-order chi connectivity index (χ0) is 20.6. The Morgan fingerprint density at radius 3 is 2.69 bits per heavy atom. The molecule has 2 aromatic rings. The van der Waals surface area contributed by atoms with Crippen molar-refractivity contribution in [1.82, 2.24) is 25.3 Å². The van der Waals surface area contributed by atoms with Crippen LogP contribution in [0.2, 0.25) is 0 Å². The van der Waals surface area contributed by atoms with Crippen molar-refractivity contribution in [2.24, 2.45) is 0 Å². The quantitative estimate of drug-likeness (QED) is 0.566. The number of aliphatic carboxylic acids is 1. The van der Waals surface area contributed by atoms with Gasteiger partial charge in [-0.1, -0.05) is 37.3 Å². The van der Waals surface area contributed by atoms with Gasteiger partial charge >= 0.3 is 12.0 Å². The first kappa shape index (κ1) is 20.9. The summed E-state index contributed by atoms with van der Waals surface area (Å²) >= 11 is 0. The fraction of sp³-hybridized carbons (Fsp3) is 0.476. The number of carboxylic acids is 1. The van der Waals surface area contributed by atoms with Gasteiger partial charge in [-0.3, -0.25) is 14.4 Å². The Labute approximate surface area is 170 Å². The molecule has 0 bridgehead atoms. The molecule has 0 atom stereocenters. The Balaban J connectivity index is 1.38. The molecule has 156 valence electrons. The summed E-state index contributed by atoms with van der Waals surface area (Å²) in [6, 6.07) is 12.3. The molecule has 3 N–H and O–H groups in total. The topological polar surface area (TPSA) is 99.5 Å². The van der Waals surface area contributed by atoms with Crippen molar-refractivity contribution in [1.29, 1.82) is 0 Å². The van der Waals surface area contributed by atoms with E-state index in [0.29, 0.717) is 13.1 Å². The minimum atomic E-state index is -0.815. The van der Waals surface area contributed by atoms with Crippen LogP contribution in [0.4, 0.5) is 4.79 Å². The number of carbonyl (C=O) groups excluding carboxylic acids is 1. The fourth-order valence-corrected chi connectivity index (χ4v) is 3.68. The molecule has 0 saturated heterocycles. The first-order chi connectivity index (χ1) is 14.0. The highest BCUT2D eigenvalue weighted by molar-refractivity contribution is 5.74. The van der Waals surface area contributed by atoms with E-state index in [1.54, 1.807) is 6.20 Å². The number of aryl methyl sites for hydroxylation is 2. The van der Waals surface area contributed by atoms with Gasteiger partial charge in [0.15, 0.2) is 0 Å². The van der Waals surface area contributed by atoms with Gasteiger partial charge in [0, 0.05) is 24.8 Å².